The largest absolute Gasteiger partial charge is 0.416 e. The molecule has 29 heavy (non-hydrogen) atoms. The van der Waals surface area contributed by atoms with E-state index in [1.165, 1.54) is 17.2 Å². The van der Waals surface area contributed by atoms with E-state index in [4.69, 9.17) is 10.1 Å². The van der Waals surface area contributed by atoms with Crippen molar-refractivity contribution in [3.05, 3.63) is 70.8 Å². The van der Waals surface area contributed by atoms with Gasteiger partial charge in [0, 0.05) is 13.6 Å². The Kier molecular flexibility index (Phi) is 5.95. The zero-order chi connectivity index (χ0) is 21.2. The van der Waals surface area contributed by atoms with E-state index >= 15 is 0 Å². The highest BCUT2D eigenvalue weighted by atomic mass is 32.2. The van der Waals surface area contributed by atoms with Gasteiger partial charge in [-0.25, -0.2) is 13.1 Å². The number of alkyl halides is 3. The van der Waals surface area contributed by atoms with E-state index in [-0.39, 0.29) is 18.7 Å². The molecule has 1 saturated heterocycles. The second-order valence-corrected chi connectivity index (χ2v) is 8.61. The Morgan fingerprint density at radius 1 is 1.24 bits per heavy atom. The van der Waals surface area contributed by atoms with Crippen LogP contribution in [0.15, 0.2) is 48.5 Å². The first kappa shape index (κ1) is 21.3. The number of hydrogen-bond donors (Lipinski definition) is 1. The fourth-order valence-corrected chi connectivity index (χ4v) is 4.71. The summed E-state index contributed by atoms with van der Waals surface area (Å²) in [5.74, 6) is 0. The van der Waals surface area contributed by atoms with E-state index in [1.807, 2.05) is 6.07 Å². The lowest BCUT2D eigenvalue weighted by atomic mass is 10.0. The van der Waals surface area contributed by atoms with Crippen LogP contribution < -0.4 is 4.72 Å². The van der Waals surface area contributed by atoms with Crippen molar-refractivity contribution in [1.82, 2.24) is 9.79 Å². The lowest BCUT2D eigenvalue weighted by Gasteiger charge is -2.23. The molecule has 0 radical (unpaired) electrons. The van der Waals surface area contributed by atoms with E-state index < -0.39 is 33.1 Å². The van der Waals surface area contributed by atoms with Gasteiger partial charge in [0.1, 0.15) is 5.25 Å². The molecule has 1 aliphatic rings. The number of nitrogens with one attached hydrogen (secondary N) is 1. The quantitative estimate of drug-likeness (QED) is 0.797. The van der Waals surface area contributed by atoms with E-state index in [1.54, 1.807) is 31.3 Å². The molecule has 1 fully saturated rings. The van der Waals surface area contributed by atoms with Gasteiger partial charge in [0.25, 0.3) is 0 Å². The number of nitriles is 1. The van der Waals surface area contributed by atoms with Crippen LogP contribution in [0.1, 0.15) is 28.3 Å². The number of hydroxylamine groups is 2. The van der Waals surface area contributed by atoms with Crippen LogP contribution in [0.25, 0.3) is 0 Å². The van der Waals surface area contributed by atoms with Crippen LogP contribution in [0.2, 0.25) is 0 Å². The first-order valence-corrected chi connectivity index (χ1v) is 10.2. The van der Waals surface area contributed by atoms with Gasteiger partial charge in [-0.05, 0) is 29.3 Å². The Morgan fingerprint density at radius 3 is 2.66 bits per heavy atom. The number of rotatable bonds is 5. The van der Waals surface area contributed by atoms with Gasteiger partial charge < -0.3 is 0 Å². The van der Waals surface area contributed by atoms with Crippen molar-refractivity contribution in [3.63, 3.8) is 0 Å². The number of benzene rings is 2. The molecule has 0 aliphatic carbocycles. The third-order valence-corrected chi connectivity index (χ3v) is 6.41. The van der Waals surface area contributed by atoms with Crippen molar-refractivity contribution in [3.8, 4) is 6.07 Å². The second-order valence-electron chi connectivity index (χ2n) is 6.63. The average molecular weight is 425 g/mol. The number of nitrogens with zero attached hydrogens (tertiary/aromatic N) is 2. The van der Waals surface area contributed by atoms with Crippen molar-refractivity contribution >= 4 is 10.0 Å². The van der Waals surface area contributed by atoms with Crippen molar-refractivity contribution < 1.29 is 26.4 Å². The molecule has 6 nitrogen and oxygen atoms in total. The van der Waals surface area contributed by atoms with Gasteiger partial charge in [0.2, 0.25) is 10.0 Å². The summed E-state index contributed by atoms with van der Waals surface area (Å²) in [6.45, 7) is -0.396. The first-order chi connectivity index (χ1) is 13.6. The molecule has 154 valence electrons. The molecule has 1 aliphatic heterocycles. The highest BCUT2D eigenvalue weighted by Gasteiger charge is 2.43. The third kappa shape index (κ3) is 4.76. The van der Waals surface area contributed by atoms with Gasteiger partial charge in [0.15, 0.2) is 0 Å². The lowest BCUT2D eigenvalue weighted by Crippen LogP contribution is -2.39. The summed E-state index contributed by atoms with van der Waals surface area (Å²) in [6, 6.07) is 12.4. The van der Waals surface area contributed by atoms with Crippen LogP contribution in [-0.4, -0.2) is 32.4 Å². The number of hydrogen-bond acceptors (Lipinski definition) is 5. The molecule has 1 N–H and O–H groups in total. The minimum atomic E-state index is -4.51. The third-order valence-electron chi connectivity index (χ3n) is 4.67. The first-order valence-electron chi connectivity index (χ1n) is 8.62. The normalized spacial score (nSPS) is 20.5. The van der Waals surface area contributed by atoms with Crippen LogP contribution in [0.4, 0.5) is 13.2 Å². The Bertz CT molecular complexity index is 1030. The molecular formula is C19H18F3N3O3S. The fourth-order valence-electron chi connectivity index (χ4n) is 3.22. The molecule has 0 bridgehead atoms. The predicted molar refractivity (Wildman–Crippen MR) is 98.6 cm³/mol. The molecule has 2 aromatic rings. The van der Waals surface area contributed by atoms with Gasteiger partial charge in [-0.2, -0.15) is 23.5 Å². The zero-order valence-corrected chi connectivity index (χ0v) is 16.2. The minimum absolute atomic E-state index is 0.115. The maximum Gasteiger partial charge on any atom is 0.416 e. The summed E-state index contributed by atoms with van der Waals surface area (Å²) in [5, 5.41) is 9.50. The van der Waals surface area contributed by atoms with Crippen molar-refractivity contribution in [1.29, 1.82) is 5.26 Å². The molecule has 0 amide bonds. The molecular weight excluding hydrogens is 407 g/mol. The molecule has 10 heteroatoms. The maximum absolute atomic E-state index is 12.9. The summed E-state index contributed by atoms with van der Waals surface area (Å²) < 4.78 is 66.7. The fraction of sp³-hybridized carbons (Fsp3) is 0.316. The van der Waals surface area contributed by atoms with Crippen LogP contribution in [-0.2, 0) is 27.6 Å². The summed E-state index contributed by atoms with van der Waals surface area (Å²) in [6.07, 6.45) is -4.51. The topological polar surface area (TPSA) is 82.4 Å². The number of halogens is 3. The van der Waals surface area contributed by atoms with E-state index in [0.717, 1.165) is 12.1 Å². The summed E-state index contributed by atoms with van der Waals surface area (Å²) in [5.41, 5.74) is 0.331. The van der Waals surface area contributed by atoms with Gasteiger partial charge in [-0.1, -0.05) is 30.3 Å². The van der Waals surface area contributed by atoms with E-state index in [0.29, 0.717) is 11.1 Å². The van der Waals surface area contributed by atoms with Crippen molar-refractivity contribution in [2.45, 2.75) is 24.0 Å². The van der Waals surface area contributed by atoms with Crippen LogP contribution in [0, 0.1) is 11.3 Å². The van der Waals surface area contributed by atoms with Gasteiger partial charge in [-0.15, -0.1) is 0 Å². The minimum Gasteiger partial charge on any atom is -0.297 e. The molecule has 0 spiro atoms. The Balaban J connectivity index is 1.80. The molecule has 2 atom stereocenters. The standard InChI is InChI=1S/C19H18F3N3O3S/c1-25-18(15-6-2-4-13(8-15)10-23)17(12-28-25)29(26,27)24-11-14-5-3-7-16(9-14)19(20,21)22/h2-9,17-18,24H,11-12H2,1H3. The monoisotopic (exact) mass is 425 g/mol. The molecule has 3 rings (SSSR count). The highest BCUT2D eigenvalue weighted by molar-refractivity contribution is 7.90. The van der Waals surface area contributed by atoms with Crippen molar-refractivity contribution in [2.24, 2.45) is 0 Å². The van der Waals surface area contributed by atoms with Crippen molar-refractivity contribution in [2.75, 3.05) is 13.7 Å². The predicted octanol–water partition coefficient (Wildman–Crippen LogP) is 2.98. The molecule has 0 aromatic heterocycles. The molecule has 1 heterocycles. The maximum atomic E-state index is 12.9. The smallest absolute Gasteiger partial charge is 0.297 e. The van der Waals surface area contributed by atoms with Crippen LogP contribution in [0.3, 0.4) is 0 Å². The Morgan fingerprint density at radius 2 is 1.97 bits per heavy atom. The molecule has 2 unspecified atom stereocenters. The molecule has 2 aromatic carbocycles. The molecule has 0 saturated carbocycles. The van der Waals surface area contributed by atoms with Gasteiger partial charge in [-0.3, -0.25) is 4.84 Å². The highest BCUT2D eigenvalue weighted by Crippen LogP contribution is 2.34. The summed E-state index contributed by atoms with van der Waals surface area (Å²) in [4.78, 5) is 5.39. The zero-order valence-electron chi connectivity index (χ0n) is 15.3. The summed E-state index contributed by atoms with van der Waals surface area (Å²) >= 11 is 0. The van der Waals surface area contributed by atoms with Gasteiger partial charge >= 0.3 is 6.18 Å². The second kappa shape index (κ2) is 8.12. The lowest BCUT2D eigenvalue weighted by molar-refractivity contribution is -0.137. The Labute approximate surface area is 166 Å². The Hall–Kier alpha value is -2.45. The van der Waals surface area contributed by atoms with Crippen LogP contribution >= 0.6 is 0 Å². The van der Waals surface area contributed by atoms with E-state index in [2.05, 4.69) is 4.72 Å². The average Bonchev–Trinajstić information content (AvgIpc) is 3.08. The number of sulfonamides is 1. The summed E-state index contributed by atoms with van der Waals surface area (Å²) in [7, 11) is -2.35. The van der Waals surface area contributed by atoms with Gasteiger partial charge in [0.05, 0.1) is 29.8 Å². The van der Waals surface area contributed by atoms with Crippen LogP contribution in [0.5, 0.6) is 0 Å². The van der Waals surface area contributed by atoms with E-state index in [9.17, 15) is 21.6 Å². The SMILES string of the molecule is CN1OCC(S(=O)(=O)NCc2cccc(C(F)(F)F)c2)C1c1cccc(C#N)c1.